The fraction of sp³-hybridized carbons (Fsp3) is 0.733. The van der Waals surface area contributed by atoms with Gasteiger partial charge in [0.1, 0.15) is 0 Å². The van der Waals surface area contributed by atoms with Gasteiger partial charge in [-0.25, -0.2) is 0 Å². The van der Waals surface area contributed by atoms with Gasteiger partial charge in [0, 0.05) is 0 Å². The van der Waals surface area contributed by atoms with Gasteiger partial charge in [-0.05, 0) is 58.3 Å². The first-order valence-electron chi connectivity index (χ1n) is 6.38. The van der Waals surface area contributed by atoms with Crippen molar-refractivity contribution in [1.82, 2.24) is 0 Å². The minimum atomic E-state index is -0.482. The Morgan fingerprint density at radius 1 is 1.50 bits per heavy atom. The molecule has 0 amide bonds. The molecule has 1 rings (SSSR count). The summed E-state index contributed by atoms with van der Waals surface area (Å²) in [6, 6.07) is 0. The molecule has 16 heavy (non-hydrogen) atoms. The summed E-state index contributed by atoms with van der Waals surface area (Å²) in [6.07, 6.45) is 6.44. The van der Waals surface area contributed by atoms with Gasteiger partial charge in [-0.15, -0.1) is 0 Å². The largest absolute Gasteiger partial charge is 0.390 e. The van der Waals surface area contributed by atoms with Crippen LogP contribution in [-0.2, 0) is 0 Å². The molecular formula is C15H26O. The van der Waals surface area contributed by atoms with Crippen LogP contribution in [0, 0.1) is 11.8 Å². The lowest BCUT2D eigenvalue weighted by Crippen LogP contribution is -2.29. The summed E-state index contributed by atoms with van der Waals surface area (Å²) in [6.45, 7) is 12.6. The first-order valence-corrected chi connectivity index (χ1v) is 6.38. The minimum Gasteiger partial charge on any atom is -0.390 e. The zero-order valence-electron chi connectivity index (χ0n) is 11.2. The molecule has 1 aliphatic carbocycles. The molecule has 1 N–H and O–H groups in total. The van der Waals surface area contributed by atoms with Gasteiger partial charge in [0.25, 0.3) is 0 Å². The van der Waals surface area contributed by atoms with Crippen LogP contribution in [0.5, 0.6) is 0 Å². The van der Waals surface area contributed by atoms with E-state index in [0.717, 1.165) is 25.7 Å². The van der Waals surface area contributed by atoms with E-state index in [-0.39, 0.29) is 0 Å². The Hall–Kier alpha value is -0.560. The highest BCUT2D eigenvalue weighted by atomic mass is 16.3. The van der Waals surface area contributed by atoms with Crippen LogP contribution in [0.3, 0.4) is 0 Å². The Kier molecular flexibility index (Phi) is 4.37. The summed E-state index contributed by atoms with van der Waals surface area (Å²) in [5.41, 5.74) is 2.21. The van der Waals surface area contributed by atoms with E-state index in [9.17, 15) is 5.11 Å². The molecule has 1 nitrogen and oxygen atoms in total. The fourth-order valence-electron chi connectivity index (χ4n) is 2.65. The normalized spacial score (nSPS) is 33.8. The minimum absolute atomic E-state index is 0.353. The molecule has 0 bridgehead atoms. The lowest BCUT2D eigenvalue weighted by Gasteiger charge is -2.26. The van der Waals surface area contributed by atoms with E-state index in [1.807, 2.05) is 6.92 Å². The molecule has 0 aromatic heterocycles. The van der Waals surface area contributed by atoms with Crippen LogP contribution in [0.15, 0.2) is 23.8 Å². The Morgan fingerprint density at radius 2 is 2.12 bits per heavy atom. The summed E-state index contributed by atoms with van der Waals surface area (Å²) < 4.78 is 0. The SMILES string of the molecule is C=C(CCC=C(C)C)C1CCC(C)(O)C1C. The highest BCUT2D eigenvalue weighted by molar-refractivity contribution is 5.10. The fourth-order valence-corrected chi connectivity index (χ4v) is 2.65. The number of allylic oxidation sites excluding steroid dienone is 3. The van der Waals surface area contributed by atoms with E-state index >= 15 is 0 Å². The average Bonchev–Trinajstić information content (AvgIpc) is 2.41. The second kappa shape index (κ2) is 5.18. The second-order valence-electron chi connectivity index (χ2n) is 5.77. The lowest BCUT2D eigenvalue weighted by atomic mass is 9.83. The molecule has 0 radical (unpaired) electrons. The molecular weight excluding hydrogens is 196 g/mol. The molecule has 3 atom stereocenters. The molecule has 0 saturated heterocycles. The second-order valence-corrected chi connectivity index (χ2v) is 5.77. The van der Waals surface area contributed by atoms with Crippen molar-refractivity contribution in [2.75, 3.05) is 0 Å². The number of hydrogen-bond acceptors (Lipinski definition) is 1. The summed E-state index contributed by atoms with van der Waals surface area (Å²) in [7, 11) is 0. The van der Waals surface area contributed by atoms with Gasteiger partial charge in [0.15, 0.2) is 0 Å². The van der Waals surface area contributed by atoms with E-state index in [1.165, 1.54) is 11.1 Å². The smallest absolute Gasteiger partial charge is 0.0651 e. The predicted octanol–water partition coefficient (Wildman–Crippen LogP) is 4.09. The summed E-state index contributed by atoms with van der Waals surface area (Å²) >= 11 is 0. The third-order valence-corrected chi connectivity index (χ3v) is 4.09. The molecule has 3 unspecified atom stereocenters. The Morgan fingerprint density at radius 3 is 2.56 bits per heavy atom. The van der Waals surface area contributed by atoms with Gasteiger partial charge in [-0.1, -0.05) is 30.7 Å². The maximum Gasteiger partial charge on any atom is 0.0651 e. The van der Waals surface area contributed by atoms with Gasteiger partial charge in [-0.2, -0.15) is 0 Å². The highest BCUT2D eigenvalue weighted by Gasteiger charge is 2.41. The molecule has 1 heteroatoms. The maximum absolute atomic E-state index is 10.1. The van der Waals surface area contributed by atoms with E-state index in [1.54, 1.807) is 0 Å². The van der Waals surface area contributed by atoms with Crippen molar-refractivity contribution in [2.45, 2.75) is 59.0 Å². The van der Waals surface area contributed by atoms with Crippen LogP contribution in [0.25, 0.3) is 0 Å². The Labute approximate surface area is 100 Å². The topological polar surface area (TPSA) is 20.2 Å². The molecule has 0 spiro atoms. The number of hydrogen-bond donors (Lipinski definition) is 1. The monoisotopic (exact) mass is 222 g/mol. The van der Waals surface area contributed by atoms with Gasteiger partial charge < -0.3 is 5.11 Å². The van der Waals surface area contributed by atoms with Crippen molar-refractivity contribution in [3.63, 3.8) is 0 Å². The van der Waals surface area contributed by atoms with Crippen LogP contribution in [0.4, 0.5) is 0 Å². The van der Waals surface area contributed by atoms with E-state index in [4.69, 9.17) is 0 Å². The van der Waals surface area contributed by atoms with E-state index < -0.39 is 5.60 Å². The lowest BCUT2D eigenvalue weighted by molar-refractivity contribution is 0.0214. The van der Waals surface area contributed by atoms with Crippen LogP contribution in [0.2, 0.25) is 0 Å². The highest BCUT2D eigenvalue weighted by Crippen LogP contribution is 2.43. The molecule has 1 aliphatic rings. The summed E-state index contributed by atoms with van der Waals surface area (Å²) in [4.78, 5) is 0. The molecule has 92 valence electrons. The summed E-state index contributed by atoms with van der Waals surface area (Å²) in [5.74, 6) is 0.868. The summed E-state index contributed by atoms with van der Waals surface area (Å²) in [5, 5.41) is 10.1. The van der Waals surface area contributed by atoms with Crippen molar-refractivity contribution >= 4 is 0 Å². The van der Waals surface area contributed by atoms with Crippen LogP contribution < -0.4 is 0 Å². The molecule has 0 aromatic rings. The number of aliphatic hydroxyl groups is 1. The van der Waals surface area contributed by atoms with Crippen LogP contribution in [0.1, 0.15) is 53.4 Å². The number of rotatable bonds is 4. The van der Waals surface area contributed by atoms with Crippen molar-refractivity contribution in [3.05, 3.63) is 23.8 Å². The zero-order chi connectivity index (χ0) is 12.3. The predicted molar refractivity (Wildman–Crippen MR) is 70.3 cm³/mol. The molecule has 0 aromatic carbocycles. The Balaban J connectivity index is 2.47. The van der Waals surface area contributed by atoms with E-state index in [0.29, 0.717) is 11.8 Å². The molecule has 0 aliphatic heterocycles. The van der Waals surface area contributed by atoms with Gasteiger partial charge in [-0.3, -0.25) is 0 Å². The van der Waals surface area contributed by atoms with E-state index in [2.05, 4.69) is 33.4 Å². The molecule has 1 fully saturated rings. The third kappa shape index (κ3) is 3.21. The first-order chi connectivity index (χ1) is 7.34. The van der Waals surface area contributed by atoms with Crippen LogP contribution >= 0.6 is 0 Å². The van der Waals surface area contributed by atoms with Crippen molar-refractivity contribution in [3.8, 4) is 0 Å². The standard InChI is InChI=1S/C15H26O/c1-11(2)7-6-8-12(3)14-9-10-15(5,16)13(14)4/h7,13-14,16H,3,6,8-10H2,1-2,4-5H3. The first kappa shape index (κ1) is 13.5. The van der Waals surface area contributed by atoms with Crippen LogP contribution in [-0.4, -0.2) is 10.7 Å². The quantitative estimate of drug-likeness (QED) is 0.710. The third-order valence-electron chi connectivity index (χ3n) is 4.09. The molecule has 0 heterocycles. The maximum atomic E-state index is 10.1. The molecule has 1 saturated carbocycles. The van der Waals surface area contributed by atoms with Gasteiger partial charge >= 0.3 is 0 Å². The van der Waals surface area contributed by atoms with Gasteiger partial charge in [0.2, 0.25) is 0 Å². The van der Waals surface area contributed by atoms with Crippen molar-refractivity contribution in [2.24, 2.45) is 11.8 Å². The van der Waals surface area contributed by atoms with Crippen molar-refractivity contribution < 1.29 is 5.11 Å². The average molecular weight is 222 g/mol. The van der Waals surface area contributed by atoms with Crippen molar-refractivity contribution in [1.29, 1.82) is 0 Å². The Bertz CT molecular complexity index is 282. The van der Waals surface area contributed by atoms with Gasteiger partial charge in [0.05, 0.1) is 5.60 Å². The zero-order valence-corrected chi connectivity index (χ0v) is 11.2.